The summed E-state index contributed by atoms with van der Waals surface area (Å²) < 4.78 is 8.30. The van der Waals surface area contributed by atoms with E-state index in [1.807, 2.05) is 41.3 Å². The normalized spacial score (nSPS) is 15.9. The molecule has 0 radical (unpaired) electrons. The number of para-hydroxylation sites is 3. The van der Waals surface area contributed by atoms with Crippen molar-refractivity contribution in [3.8, 4) is 5.75 Å². The van der Waals surface area contributed by atoms with Gasteiger partial charge in [-0.2, -0.15) is 0 Å². The summed E-state index contributed by atoms with van der Waals surface area (Å²) in [6.07, 6.45) is 2.44. The molecule has 1 unspecified atom stereocenters. The average molecular weight is 454 g/mol. The third-order valence-corrected chi connectivity index (χ3v) is 6.61. The van der Waals surface area contributed by atoms with Crippen molar-refractivity contribution in [1.29, 1.82) is 0 Å². The molecule has 1 aromatic heterocycles. The Morgan fingerprint density at radius 2 is 1.79 bits per heavy atom. The van der Waals surface area contributed by atoms with Crippen molar-refractivity contribution in [3.63, 3.8) is 0 Å². The summed E-state index contributed by atoms with van der Waals surface area (Å²) in [5.41, 5.74) is 5.43. The number of rotatable bonds is 8. The van der Waals surface area contributed by atoms with Crippen molar-refractivity contribution < 1.29 is 9.53 Å². The molecule has 0 saturated carbocycles. The van der Waals surface area contributed by atoms with Crippen LogP contribution in [-0.2, 0) is 11.3 Å². The van der Waals surface area contributed by atoms with Crippen LogP contribution in [-0.4, -0.2) is 28.6 Å². The fraction of sp³-hybridized carbons (Fsp3) is 0.310. The second kappa shape index (κ2) is 9.72. The Bertz CT molecular complexity index is 1310. The number of ether oxygens (including phenoxy) is 1. The summed E-state index contributed by atoms with van der Waals surface area (Å²) in [6.45, 7) is 6.35. The molecule has 0 spiro atoms. The Balaban J connectivity index is 1.30. The second-order valence-electron chi connectivity index (χ2n) is 9.18. The number of anilines is 1. The summed E-state index contributed by atoms with van der Waals surface area (Å²) in [5, 5.41) is 0. The van der Waals surface area contributed by atoms with Gasteiger partial charge in [-0.3, -0.25) is 4.79 Å². The molecule has 4 aromatic rings. The minimum absolute atomic E-state index is 0.0867. The monoisotopic (exact) mass is 453 g/mol. The van der Waals surface area contributed by atoms with Gasteiger partial charge in [-0.05, 0) is 68.1 Å². The van der Waals surface area contributed by atoms with Crippen LogP contribution in [0.15, 0.2) is 72.8 Å². The maximum Gasteiger partial charge on any atom is 0.227 e. The lowest BCUT2D eigenvalue weighted by atomic mass is 10.1. The van der Waals surface area contributed by atoms with E-state index >= 15 is 0 Å². The third kappa shape index (κ3) is 4.56. The van der Waals surface area contributed by atoms with Gasteiger partial charge < -0.3 is 14.2 Å². The largest absolute Gasteiger partial charge is 0.493 e. The Morgan fingerprint density at radius 1 is 0.971 bits per heavy atom. The number of hydrogen-bond acceptors (Lipinski definition) is 3. The van der Waals surface area contributed by atoms with Crippen molar-refractivity contribution in [2.75, 3.05) is 18.1 Å². The topological polar surface area (TPSA) is 47.4 Å². The molecule has 5 heteroatoms. The van der Waals surface area contributed by atoms with Crippen molar-refractivity contribution >= 4 is 22.6 Å². The Morgan fingerprint density at radius 3 is 2.65 bits per heavy atom. The Hall–Kier alpha value is -3.60. The van der Waals surface area contributed by atoms with Gasteiger partial charge in [0.25, 0.3) is 0 Å². The van der Waals surface area contributed by atoms with Gasteiger partial charge in [-0.25, -0.2) is 4.98 Å². The molecule has 3 aromatic carbocycles. The average Bonchev–Trinajstić information content (AvgIpc) is 3.40. The number of amides is 1. The molecule has 0 bridgehead atoms. The number of fused-ring (bicyclic) bond motifs is 1. The van der Waals surface area contributed by atoms with Gasteiger partial charge in [0.05, 0.1) is 17.6 Å². The maximum absolute atomic E-state index is 12.9. The van der Waals surface area contributed by atoms with Gasteiger partial charge in [0.2, 0.25) is 5.91 Å². The molecule has 174 valence electrons. The number of hydrogen-bond donors (Lipinski definition) is 0. The predicted molar refractivity (Wildman–Crippen MR) is 137 cm³/mol. The third-order valence-electron chi connectivity index (χ3n) is 6.61. The van der Waals surface area contributed by atoms with Crippen molar-refractivity contribution in [3.05, 3.63) is 89.7 Å². The van der Waals surface area contributed by atoms with Gasteiger partial charge >= 0.3 is 0 Å². The smallest absolute Gasteiger partial charge is 0.227 e. The zero-order valence-corrected chi connectivity index (χ0v) is 19.9. The van der Waals surface area contributed by atoms with E-state index in [4.69, 9.17) is 9.72 Å². The van der Waals surface area contributed by atoms with Gasteiger partial charge in [0.1, 0.15) is 11.6 Å². The van der Waals surface area contributed by atoms with E-state index in [0.717, 1.165) is 58.8 Å². The highest BCUT2D eigenvalue weighted by molar-refractivity contribution is 5.96. The number of carbonyl (C=O) groups excluding carboxylic acids is 1. The fourth-order valence-electron chi connectivity index (χ4n) is 4.84. The zero-order valence-electron chi connectivity index (χ0n) is 19.9. The van der Waals surface area contributed by atoms with Crippen molar-refractivity contribution in [2.45, 2.75) is 45.6 Å². The number of unbranched alkanes of at least 4 members (excludes halogenated alkanes) is 1. The highest BCUT2D eigenvalue weighted by Crippen LogP contribution is 2.33. The van der Waals surface area contributed by atoms with Crippen LogP contribution in [0.4, 0.5) is 5.69 Å². The lowest BCUT2D eigenvalue weighted by molar-refractivity contribution is -0.117. The molecule has 1 aliphatic rings. The summed E-state index contributed by atoms with van der Waals surface area (Å²) in [4.78, 5) is 19.8. The molecule has 5 nitrogen and oxygen atoms in total. The molecule has 0 N–H and O–H groups in total. The first-order valence-electron chi connectivity index (χ1n) is 12.1. The molecular formula is C29H31N3O2. The SMILES string of the molecule is Cc1cccc(N2CC(c3nc4ccccc4n3CCCCOc3ccccc3C)CC2=O)c1. The van der Waals surface area contributed by atoms with Crippen LogP contribution >= 0.6 is 0 Å². The predicted octanol–water partition coefficient (Wildman–Crippen LogP) is 6.03. The molecule has 2 heterocycles. The molecule has 1 fully saturated rings. The van der Waals surface area contributed by atoms with Crippen molar-refractivity contribution in [2.24, 2.45) is 0 Å². The van der Waals surface area contributed by atoms with E-state index in [9.17, 15) is 4.79 Å². The molecule has 5 rings (SSSR count). The molecule has 34 heavy (non-hydrogen) atoms. The molecular weight excluding hydrogens is 422 g/mol. The number of benzene rings is 3. The first-order valence-corrected chi connectivity index (χ1v) is 12.1. The summed E-state index contributed by atoms with van der Waals surface area (Å²) in [7, 11) is 0. The van der Waals surface area contributed by atoms with Crippen LogP contribution in [0.3, 0.4) is 0 Å². The van der Waals surface area contributed by atoms with Crippen LogP contribution in [0.1, 0.15) is 42.1 Å². The van der Waals surface area contributed by atoms with E-state index in [1.165, 1.54) is 0 Å². The summed E-state index contributed by atoms with van der Waals surface area (Å²) >= 11 is 0. The lowest BCUT2D eigenvalue weighted by Crippen LogP contribution is -2.24. The highest BCUT2D eigenvalue weighted by atomic mass is 16.5. The van der Waals surface area contributed by atoms with E-state index in [1.54, 1.807) is 0 Å². The minimum atomic E-state index is 0.0867. The highest BCUT2D eigenvalue weighted by Gasteiger charge is 2.34. The summed E-state index contributed by atoms with van der Waals surface area (Å²) in [5.74, 6) is 2.23. The number of imidazole rings is 1. The fourth-order valence-corrected chi connectivity index (χ4v) is 4.84. The van der Waals surface area contributed by atoms with Gasteiger partial charge in [0.15, 0.2) is 0 Å². The number of aromatic nitrogens is 2. The van der Waals surface area contributed by atoms with Gasteiger partial charge in [-0.15, -0.1) is 0 Å². The first kappa shape index (κ1) is 22.2. The van der Waals surface area contributed by atoms with Gasteiger partial charge in [-0.1, -0.05) is 42.5 Å². The van der Waals surface area contributed by atoms with E-state index in [2.05, 4.69) is 54.8 Å². The Kier molecular flexibility index (Phi) is 6.35. The number of carbonyl (C=O) groups is 1. The first-order chi connectivity index (χ1) is 16.6. The van der Waals surface area contributed by atoms with E-state index in [0.29, 0.717) is 19.6 Å². The van der Waals surface area contributed by atoms with Crippen LogP contribution in [0, 0.1) is 13.8 Å². The maximum atomic E-state index is 12.9. The minimum Gasteiger partial charge on any atom is -0.493 e. The zero-order chi connectivity index (χ0) is 23.5. The second-order valence-corrected chi connectivity index (χ2v) is 9.18. The summed E-state index contributed by atoms with van der Waals surface area (Å²) in [6, 6.07) is 24.6. The van der Waals surface area contributed by atoms with Crippen LogP contribution in [0.25, 0.3) is 11.0 Å². The van der Waals surface area contributed by atoms with Crippen LogP contribution < -0.4 is 9.64 Å². The van der Waals surface area contributed by atoms with Crippen LogP contribution in [0.5, 0.6) is 5.75 Å². The number of aryl methyl sites for hydroxylation is 3. The lowest BCUT2D eigenvalue weighted by Gasteiger charge is -2.18. The molecule has 1 atom stereocenters. The van der Waals surface area contributed by atoms with Crippen molar-refractivity contribution in [1.82, 2.24) is 9.55 Å². The standard InChI is InChI=1S/C29H31N3O2/c1-21-10-9-12-24(18-21)32-20-23(19-28(32)33)29-30-25-13-4-5-14-26(25)31(29)16-7-8-17-34-27-15-6-3-11-22(27)2/h3-6,9-15,18,23H,7-8,16-17,19-20H2,1-2H3. The molecule has 0 aliphatic carbocycles. The Labute approximate surface area is 201 Å². The van der Waals surface area contributed by atoms with E-state index in [-0.39, 0.29) is 11.8 Å². The molecule has 1 amide bonds. The quantitative estimate of drug-likeness (QED) is 0.306. The van der Waals surface area contributed by atoms with Gasteiger partial charge in [0, 0.05) is 31.1 Å². The molecule has 1 saturated heterocycles. The number of nitrogens with zero attached hydrogens (tertiary/aromatic N) is 3. The molecule has 1 aliphatic heterocycles. The van der Waals surface area contributed by atoms with E-state index < -0.39 is 0 Å². The van der Waals surface area contributed by atoms with Crippen LogP contribution in [0.2, 0.25) is 0 Å².